The molecule has 0 saturated heterocycles. The maximum Gasteiger partial charge on any atom is 0.151 e. The van der Waals surface area contributed by atoms with Crippen LogP contribution in [0.3, 0.4) is 0 Å². The molecule has 0 spiro atoms. The minimum atomic E-state index is 0.538. The van der Waals surface area contributed by atoms with Crippen molar-refractivity contribution < 1.29 is 4.79 Å². The number of halogens is 1. The van der Waals surface area contributed by atoms with Gasteiger partial charge in [0, 0.05) is 10.5 Å². The summed E-state index contributed by atoms with van der Waals surface area (Å²) in [5, 5.41) is 0.538. The number of thioether (sulfide) groups is 1. The first-order chi connectivity index (χ1) is 6.27. The van der Waals surface area contributed by atoms with E-state index in [1.54, 1.807) is 17.8 Å². The normalized spacial score (nSPS) is 10.0. The van der Waals surface area contributed by atoms with Crippen molar-refractivity contribution in [2.45, 2.75) is 18.2 Å². The zero-order valence-electron chi connectivity index (χ0n) is 7.42. The molecule has 0 aromatic heterocycles. The molecule has 1 nitrogen and oxygen atoms in total. The zero-order chi connectivity index (χ0) is 9.68. The smallest absolute Gasteiger partial charge is 0.151 e. The van der Waals surface area contributed by atoms with Crippen LogP contribution in [0.15, 0.2) is 23.1 Å². The predicted octanol–water partition coefficient (Wildman–Crippen LogP) is 3.65. The second kappa shape index (κ2) is 5.30. The van der Waals surface area contributed by atoms with Gasteiger partial charge >= 0.3 is 0 Å². The van der Waals surface area contributed by atoms with E-state index in [9.17, 15) is 4.79 Å². The van der Waals surface area contributed by atoms with Gasteiger partial charge in [0.1, 0.15) is 0 Å². The third-order valence-corrected chi connectivity index (χ3v) is 3.10. The minimum Gasteiger partial charge on any atom is -0.298 e. The highest BCUT2D eigenvalue weighted by atomic mass is 35.5. The van der Waals surface area contributed by atoms with Crippen molar-refractivity contribution in [1.82, 2.24) is 0 Å². The lowest BCUT2D eigenvalue weighted by molar-refractivity contribution is 0.112. The van der Waals surface area contributed by atoms with Crippen molar-refractivity contribution in [2.75, 3.05) is 5.75 Å². The second-order valence-electron chi connectivity index (χ2n) is 2.65. The standard InChI is InChI=1S/C10H11ClOS/c1-2-5-13-9-4-3-8(7-12)10(11)6-9/h3-4,6-7H,2,5H2,1H3. The van der Waals surface area contributed by atoms with Crippen molar-refractivity contribution >= 4 is 29.6 Å². The Morgan fingerprint density at radius 1 is 1.54 bits per heavy atom. The van der Waals surface area contributed by atoms with E-state index in [2.05, 4.69) is 6.92 Å². The molecule has 0 aliphatic carbocycles. The lowest BCUT2D eigenvalue weighted by atomic mass is 10.2. The van der Waals surface area contributed by atoms with Crippen LogP contribution in [-0.2, 0) is 0 Å². The third kappa shape index (κ3) is 3.05. The molecule has 0 saturated carbocycles. The summed E-state index contributed by atoms with van der Waals surface area (Å²) in [4.78, 5) is 11.6. The van der Waals surface area contributed by atoms with Gasteiger partial charge in [-0.15, -0.1) is 11.8 Å². The van der Waals surface area contributed by atoms with Crippen LogP contribution in [0.5, 0.6) is 0 Å². The molecule has 3 heteroatoms. The molecule has 0 aliphatic heterocycles. The molecule has 0 unspecified atom stereocenters. The highest BCUT2D eigenvalue weighted by molar-refractivity contribution is 7.99. The van der Waals surface area contributed by atoms with Crippen molar-refractivity contribution in [3.63, 3.8) is 0 Å². The van der Waals surface area contributed by atoms with Gasteiger partial charge in [0.15, 0.2) is 6.29 Å². The van der Waals surface area contributed by atoms with E-state index in [1.165, 1.54) is 0 Å². The van der Waals surface area contributed by atoms with Gasteiger partial charge in [-0.2, -0.15) is 0 Å². The van der Waals surface area contributed by atoms with Gasteiger partial charge in [-0.25, -0.2) is 0 Å². The number of hydrogen-bond acceptors (Lipinski definition) is 2. The summed E-state index contributed by atoms with van der Waals surface area (Å²) in [5.74, 6) is 1.08. The van der Waals surface area contributed by atoms with Crippen LogP contribution >= 0.6 is 23.4 Å². The molecule has 1 aromatic carbocycles. The maximum absolute atomic E-state index is 10.5. The van der Waals surface area contributed by atoms with Gasteiger partial charge in [0.25, 0.3) is 0 Å². The SMILES string of the molecule is CCCSc1ccc(C=O)c(Cl)c1. The highest BCUT2D eigenvalue weighted by Gasteiger charge is 2.00. The Hall–Kier alpha value is -0.470. The fraction of sp³-hybridized carbons (Fsp3) is 0.300. The van der Waals surface area contributed by atoms with Crippen LogP contribution in [0.4, 0.5) is 0 Å². The lowest BCUT2D eigenvalue weighted by Gasteiger charge is -2.01. The molecule has 70 valence electrons. The van der Waals surface area contributed by atoms with Gasteiger partial charge in [-0.1, -0.05) is 18.5 Å². The van der Waals surface area contributed by atoms with Crippen LogP contribution in [0.2, 0.25) is 5.02 Å². The average molecular weight is 215 g/mol. The minimum absolute atomic E-state index is 0.538. The van der Waals surface area contributed by atoms with Crippen molar-refractivity contribution in [2.24, 2.45) is 0 Å². The van der Waals surface area contributed by atoms with Crippen LogP contribution < -0.4 is 0 Å². The molecule has 0 heterocycles. The van der Waals surface area contributed by atoms with E-state index >= 15 is 0 Å². The van der Waals surface area contributed by atoms with Gasteiger partial charge in [0.2, 0.25) is 0 Å². The number of hydrogen-bond donors (Lipinski definition) is 0. The number of carbonyl (C=O) groups is 1. The Labute approximate surface area is 87.5 Å². The van der Waals surface area contributed by atoms with Crippen LogP contribution in [0.25, 0.3) is 0 Å². The Bertz CT molecular complexity index is 299. The molecular weight excluding hydrogens is 204 g/mol. The molecule has 13 heavy (non-hydrogen) atoms. The van der Waals surface area contributed by atoms with Gasteiger partial charge in [-0.3, -0.25) is 4.79 Å². The van der Waals surface area contributed by atoms with Crippen LogP contribution in [0.1, 0.15) is 23.7 Å². The molecule has 0 N–H and O–H groups in total. The summed E-state index contributed by atoms with van der Waals surface area (Å²) in [6.07, 6.45) is 1.91. The molecule has 0 aliphatic rings. The first kappa shape index (κ1) is 10.6. The highest BCUT2D eigenvalue weighted by Crippen LogP contribution is 2.24. The summed E-state index contributed by atoms with van der Waals surface area (Å²) in [6.45, 7) is 2.13. The predicted molar refractivity (Wildman–Crippen MR) is 57.9 cm³/mol. The lowest BCUT2D eigenvalue weighted by Crippen LogP contribution is -1.83. The fourth-order valence-corrected chi connectivity index (χ4v) is 2.01. The Morgan fingerprint density at radius 2 is 2.31 bits per heavy atom. The van der Waals surface area contributed by atoms with Crippen molar-refractivity contribution in [3.05, 3.63) is 28.8 Å². The number of aldehydes is 1. The first-order valence-corrected chi connectivity index (χ1v) is 5.51. The Morgan fingerprint density at radius 3 is 2.85 bits per heavy atom. The Kier molecular flexibility index (Phi) is 4.33. The molecule has 0 atom stereocenters. The van der Waals surface area contributed by atoms with Gasteiger partial charge < -0.3 is 0 Å². The topological polar surface area (TPSA) is 17.1 Å². The van der Waals surface area contributed by atoms with E-state index in [0.717, 1.165) is 23.4 Å². The molecule has 0 amide bonds. The average Bonchev–Trinajstić information content (AvgIpc) is 2.15. The van der Waals surface area contributed by atoms with E-state index in [0.29, 0.717) is 10.6 Å². The summed E-state index contributed by atoms with van der Waals surface area (Å²) in [5.41, 5.74) is 0.558. The van der Waals surface area contributed by atoms with Gasteiger partial charge in [-0.05, 0) is 30.4 Å². The van der Waals surface area contributed by atoms with Gasteiger partial charge in [0.05, 0.1) is 5.02 Å². The zero-order valence-corrected chi connectivity index (χ0v) is 8.99. The maximum atomic E-state index is 10.5. The summed E-state index contributed by atoms with van der Waals surface area (Å²) >= 11 is 7.62. The quantitative estimate of drug-likeness (QED) is 0.562. The van der Waals surface area contributed by atoms with Crippen molar-refractivity contribution in [3.8, 4) is 0 Å². The molecule has 1 aromatic rings. The number of rotatable bonds is 4. The van der Waals surface area contributed by atoms with Crippen molar-refractivity contribution in [1.29, 1.82) is 0 Å². The summed E-state index contributed by atoms with van der Waals surface area (Å²) < 4.78 is 0. The molecule has 0 bridgehead atoms. The first-order valence-electron chi connectivity index (χ1n) is 4.15. The number of benzene rings is 1. The van der Waals surface area contributed by atoms with E-state index in [1.807, 2.05) is 12.1 Å². The second-order valence-corrected chi connectivity index (χ2v) is 4.23. The summed E-state index contributed by atoms with van der Waals surface area (Å²) in [7, 11) is 0. The molecule has 1 rings (SSSR count). The number of carbonyl (C=O) groups excluding carboxylic acids is 1. The third-order valence-electron chi connectivity index (χ3n) is 1.57. The molecule has 0 radical (unpaired) electrons. The van der Waals surface area contributed by atoms with Crippen LogP contribution in [0, 0.1) is 0 Å². The Balaban J connectivity index is 2.77. The monoisotopic (exact) mass is 214 g/mol. The largest absolute Gasteiger partial charge is 0.298 e. The van der Waals surface area contributed by atoms with Crippen LogP contribution in [-0.4, -0.2) is 12.0 Å². The van der Waals surface area contributed by atoms with E-state index in [-0.39, 0.29) is 0 Å². The van der Waals surface area contributed by atoms with E-state index in [4.69, 9.17) is 11.6 Å². The summed E-state index contributed by atoms with van der Waals surface area (Å²) in [6, 6.07) is 5.52. The van der Waals surface area contributed by atoms with E-state index < -0.39 is 0 Å². The molecule has 0 fully saturated rings. The fourth-order valence-electron chi connectivity index (χ4n) is 0.913. The molecular formula is C10H11ClOS.